The van der Waals surface area contributed by atoms with E-state index in [0.29, 0.717) is 10.8 Å². The van der Waals surface area contributed by atoms with Gasteiger partial charge in [-0.3, -0.25) is 4.79 Å². The molecule has 1 aromatic carbocycles. The van der Waals surface area contributed by atoms with Gasteiger partial charge in [-0.1, -0.05) is 11.6 Å². The lowest BCUT2D eigenvalue weighted by Gasteiger charge is -2.02. The molecule has 0 saturated heterocycles. The maximum atomic E-state index is 11.5. The van der Waals surface area contributed by atoms with E-state index >= 15 is 0 Å². The fourth-order valence-corrected chi connectivity index (χ4v) is 2.15. The summed E-state index contributed by atoms with van der Waals surface area (Å²) in [6.07, 6.45) is 1.91. The summed E-state index contributed by atoms with van der Waals surface area (Å²) in [5.41, 5.74) is 0.724. The quantitative estimate of drug-likeness (QED) is 0.625. The van der Waals surface area contributed by atoms with Gasteiger partial charge in [-0.25, -0.2) is 0 Å². The predicted molar refractivity (Wildman–Crippen MR) is 66.9 cm³/mol. The van der Waals surface area contributed by atoms with E-state index in [1.165, 1.54) is 11.8 Å². The number of hydrogen-bond donors (Lipinski definition) is 0. The Morgan fingerprint density at radius 1 is 1.62 bits per heavy atom. The normalized spacial score (nSPS) is 10.1. The third kappa shape index (κ3) is 3.14. The second-order valence-electron chi connectivity index (χ2n) is 2.48. The van der Waals surface area contributed by atoms with Crippen molar-refractivity contribution in [2.75, 3.05) is 12.0 Å². The number of ketones is 1. The molecule has 0 aliphatic carbocycles. The first kappa shape index (κ1) is 11.3. The summed E-state index contributed by atoms with van der Waals surface area (Å²) >= 11 is 9.47. The summed E-state index contributed by atoms with van der Waals surface area (Å²) in [5.74, 6) is 0.649. The van der Waals surface area contributed by atoms with Crippen LogP contribution in [-0.2, 0) is 0 Å². The summed E-state index contributed by atoms with van der Waals surface area (Å²) in [5, 5.41) is 0.616. The van der Waals surface area contributed by atoms with Gasteiger partial charge in [0.2, 0.25) is 0 Å². The molecule has 1 nitrogen and oxygen atoms in total. The summed E-state index contributed by atoms with van der Waals surface area (Å²) in [6.45, 7) is 0. The molecule has 1 aromatic rings. The smallest absolute Gasteiger partial charge is 0.173 e. The highest BCUT2D eigenvalue weighted by molar-refractivity contribution is 14.1. The molecule has 0 fully saturated rings. The van der Waals surface area contributed by atoms with Crippen molar-refractivity contribution >= 4 is 51.7 Å². The van der Waals surface area contributed by atoms with Crippen molar-refractivity contribution in [2.24, 2.45) is 0 Å². The van der Waals surface area contributed by atoms with Crippen LogP contribution in [0.3, 0.4) is 0 Å². The van der Waals surface area contributed by atoms with Gasteiger partial charge in [-0.15, -0.1) is 0 Å². The molecule has 0 amide bonds. The maximum Gasteiger partial charge on any atom is 0.173 e. The number of carbonyl (C=O) groups excluding carboxylic acids is 1. The van der Waals surface area contributed by atoms with Crippen LogP contribution >= 0.6 is 46.0 Å². The highest BCUT2D eigenvalue weighted by atomic mass is 127. The van der Waals surface area contributed by atoms with Crippen LogP contribution < -0.4 is 0 Å². The Bertz CT molecular complexity index is 327. The van der Waals surface area contributed by atoms with E-state index in [2.05, 4.69) is 22.6 Å². The van der Waals surface area contributed by atoms with E-state index < -0.39 is 0 Å². The first-order valence-electron chi connectivity index (χ1n) is 3.62. The van der Waals surface area contributed by atoms with Gasteiger partial charge in [-0.2, -0.15) is 11.8 Å². The second kappa shape index (κ2) is 5.22. The van der Waals surface area contributed by atoms with Gasteiger partial charge < -0.3 is 0 Å². The molecule has 0 bridgehead atoms. The molecule has 0 aromatic heterocycles. The first-order chi connectivity index (χ1) is 6.15. The third-order valence-corrected chi connectivity index (χ3v) is 3.23. The van der Waals surface area contributed by atoms with Gasteiger partial charge in [0.05, 0.1) is 5.75 Å². The number of Topliss-reactive ketones (excluding diaryl/α,β-unsaturated/α-hetero) is 1. The van der Waals surface area contributed by atoms with Crippen LogP contribution in [0.25, 0.3) is 0 Å². The Hall–Kier alpha value is 0.260. The fourth-order valence-electron chi connectivity index (χ4n) is 0.920. The van der Waals surface area contributed by atoms with Crippen molar-refractivity contribution in [1.82, 2.24) is 0 Å². The Morgan fingerprint density at radius 3 is 2.92 bits per heavy atom. The van der Waals surface area contributed by atoms with Crippen molar-refractivity contribution < 1.29 is 4.79 Å². The molecule has 0 radical (unpaired) electrons. The standard InChI is InChI=1S/C9H8ClIOS/c1-13-5-9(12)7-4-6(10)2-3-8(7)11/h2-4H,5H2,1H3. The molecule has 0 unspecified atom stereocenters. The molecule has 13 heavy (non-hydrogen) atoms. The third-order valence-electron chi connectivity index (χ3n) is 1.50. The molecular formula is C9H8ClIOS. The molecule has 0 N–H and O–H groups in total. The van der Waals surface area contributed by atoms with Crippen LogP contribution in [0.15, 0.2) is 18.2 Å². The maximum absolute atomic E-state index is 11.5. The van der Waals surface area contributed by atoms with Crippen LogP contribution in [0.5, 0.6) is 0 Å². The van der Waals surface area contributed by atoms with Gasteiger partial charge in [0.15, 0.2) is 5.78 Å². The van der Waals surface area contributed by atoms with Gasteiger partial charge in [0.25, 0.3) is 0 Å². The van der Waals surface area contributed by atoms with E-state index in [-0.39, 0.29) is 5.78 Å². The zero-order valence-corrected chi connectivity index (χ0v) is 10.7. The van der Waals surface area contributed by atoms with Crippen LogP contribution in [-0.4, -0.2) is 17.8 Å². The second-order valence-corrected chi connectivity index (χ2v) is 4.95. The number of benzene rings is 1. The molecule has 0 aliphatic heterocycles. The van der Waals surface area contributed by atoms with E-state index in [9.17, 15) is 4.79 Å². The van der Waals surface area contributed by atoms with Crippen molar-refractivity contribution in [3.05, 3.63) is 32.4 Å². The Balaban J connectivity index is 2.99. The van der Waals surface area contributed by atoms with E-state index in [0.717, 1.165) is 9.13 Å². The van der Waals surface area contributed by atoms with Crippen molar-refractivity contribution in [3.63, 3.8) is 0 Å². The van der Waals surface area contributed by atoms with Crippen LogP contribution in [0, 0.1) is 3.57 Å². The van der Waals surface area contributed by atoms with E-state index in [4.69, 9.17) is 11.6 Å². The highest BCUT2D eigenvalue weighted by Crippen LogP contribution is 2.19. The molecule has 0 spiro atoms. The minimum absolute atomic E-state index is 0.138. The molecule has 0 aliphatic rings. The average molecular weight is 327 g/mol. The topological polar surface area (TPSA) is 17.1 Å². The lowest BCUT2D eigenvalue weighted by molar-refractivity contribution is 0.102. The van der Waals surface area contributed by atoms with Crippen LogP contribution in [0.2, 0.25) is 5.02 Å². The molecule has 4 heteroatoms. The fraction of sp³-hybridized carbons (Fsp3) is 0.222. The summed E-state index contributed by atoms with van der Waals surface area (Å²) < 4.78 is 0.959. The number of hydrogen-bond acceptors (Lipinski definition) is 2. The number of halogens is 2. The van der Waals surface area contributed by atoms with Crippen molar-refractivity contribution in [2.45, 2.75) is 0 Å². The van der Waals surface area contributed by atoms with Crippen molar-refractivity contribution in [1.29, 1.82) is 0 Å². The zero-order chi connectivity index (χ0) is 9.84. The van der Waals surface area contributed by atoms with E-state index in [1.807, 2.05) is 12.3 Å². The van der Waals surface area contributed by atoms with Gasteiger partial charge in [0, 0.05) is 14.2 Å². The largest absolute Gasteiger partial charge is 0.293 e. The van der Waals surface area contributed by atoms with Crippen LogP contribution in [0.1, 0.15) is 10.4 Å². The lowest BCUT2D eigenvalue weighted by atomic mass is 10.1. The summed E-state index contributed by atoms with van der Waals surface area (Å²) in [7, 11) is 0. The first-order valence-corrected chi connectivity index (χ1v) is 6.47. The zero-order valence-electron chi connectivity index (χ0n) is 7.01. The molecule has 0 atom stereocenters. The lowest BCUT2D eigenvalue weighted by Crippen LogP contribution is -2.04. The monoisotopic (exact) mass is 326 g/mol. The highest BCUT2D eigenvalue weighted by Gasteiger charge is 2.09. The average Bonchev–Trinajstić information content (AvgIpc) is 2.09. The Kier molecular flexibility index (Phi) is 4.55. The minimum Gasteiger partial charge on any atom is -0.293 e. The SMILES string of the molecule is CSCC(=O)c1cc(Cl)ccc1I. The molecule has 0 heterocycles. The van der Waals surface area contributed by atoms with Gasteiger partial charge >= 0.3 is 0 Å². The molecule has 70 valence electrons. The summed E-state index contributed by atoms with van der Waals surface area (Å²) in [4.78, 5) is 11.5. The molecular weight excluding hydrogens is 319 g/mol. The molecule has 1 rings (SSSR count). The van der Waals surface area contributed by atoms with Crippen molar-refractivity contribution in [3.8, 4) is 0 Å². The van der Waals surface area contributed by atoms with E-state index in [1.54, 1.807) is 12.1 Å². The number of thioether (sulfide) groups is 1. The van der Waals surface area contributed by atoms with Gasteiger partial charge in [-0.05, 0) is 47.0 Å². The number of rotatable bonds is 3. The predicted octanol–water partition coefficient (Wildman–Crippen LogP) is 3.49. The summed E-state index contributed by atoms with van der Waals surface area (Å²) in [6, 6.07) is 5.37. The van der Waals surface area contributed by atoms with Gasteiger partial charge in [0.1, 0.15) is 0 Å². The molecule has 0 saturated carbocycles. The number of carbonyl (C=O) groups is 1. The minimum atomic E-state index is 0.138. The Morgan fingerprint density at radius 2 is 2.31 bits per heavy atom. The van der Waals surface area contributed by atoms with Crippen LogP contribution in [0.4, 0.5) is 0 Å². The Labute approximate surface area is 100 Å².